The van der Waals surface area contributed by atoms with Crippen LogP contribution in [0.2, 0.25) is 0 Å². The first-order valence-corrected chi connectivity index (χ1v) is 5.94. The number of ether oxygens (including phenoxy) is 1. The second-order valence-electron chi connectivity index (χ2n) is 4.00. The molecule has 0 aromatic rings. The van der Waals surface area contributed by atoms with Gasteiger partial charge >= 0.3 is 0 Å². The maximum absolute atomic E-state index is 11.0. The molecule has 0 heterocycles. The molecule has 18 heavy (non-hydrogen) atoms. The number of aldehydes is 1. The topological polar surface area (TPSA) is 98.5 Å². The van der Waals surface area contributed by atoms with Crippen molar-refractivity contribution in [3.63, 3.8) is 0 Å². The maximum Gasteiger partial charge on any atom is 0.226 e. The summed E-state index contributed by atoms with van der Waals surface area (Å²) in [6.45, 7) is 4.50. The van der Waals surface area contributed by atoms with Gasteiger partial charge in [0.15, 0.2) is 6.29 Å². The van der Waals surface area contributed by atoms with Crippen LogP contribution in [0.1, 0.15) is 33.6 Å². The van der Waals surface area contributed by atoms with Crippen molar-refractivity contribution in [3.8, 4) is 0 Å². The highest BCUT2D eigenvalue weighted by atomic mass is 16.6. The van der Waals surface area contributed by atoms with Gasteiger partial charge in [0.05, 0.1) is 6.10 Å². The van der Waals surface area contributed by atoms with E-state index < -0.39 is 29.5 Å². The van der Waals surface area contributed by atoms with E-state index in [1.807, 2.05) is 13.8 Å². The number of carbonyl (C=O) groups is 2. The van der Waals surface area contributed by atoms with Gasteiger partial charge in [-0.3, -0.25) is 14.9 Å². The van der Waals surface area contributed by atoms with E-state index >= 15 is 0 Å². The second kappa shape index (κ2) is 8.57. The van der Waals surface area contributed by atoms with E-state index in [1.165, 1.54) is 6.92 Å². The quantitative estimate of drug-likeness (QED) is 0.370. The Kier molecular flexibility index (Phi) is 7.86. The first kappa shape index (κ1) is 16.5. The lowest BCUT2D eigenvalue weighted by Gasteiger charge is -2.24. The van der Waals surface area contributed by atoms with Crippen LogP contribution in [0.15, 0.2) is 0 Å². The summed E-state index contributed by atoms with van der Waals surface area (Å²) in [5, 5.41) is 12.9. The summed E-state index contributed by atoms with van der Waals surface area (Å²) in [7, 11) is 0. The third-order valence-electron chi connectivity index (χ3n) is 2.53. The molecule has 0 rings (SSSR count). The number of carbonyl (C=O) groups excluding carboxylic acids is 2. The minimum atomic E-state index is -0.996. The van der Waals surface area contributed by atoms with Crippen LogP contribution < -0.4 is 5.32 Å². The fraction of sp³-hybridized carbons (Fsp3) is 0.818. The first-order chi connectivity index (χ1) is 8.44. The zero-order chi connectivity index (χ0) is 14.1. The van der Waals surface area contributed by atoms with Crippen LogP contribution in [-0.2, 0) is 14.3 Å². The molecular formula is C11H20N2O5. The SMILES string of the molecule is CCC(CC)OC(C=O)C(C[N+](=O)[O-])NC(C)=O. The Morgan fingerprint density at radius 3 is 2.33 bits per heavy atom. The van der Waals surface area contributed by atoms with E-state index in [0.29, 0.717) is 19.1 Å². The second-order valence-corrected chi connectivity index (χ2v) is 4.00. The fourth-order valence-electron chi connectivity index (χ4n) is 1.58. The molecule has 0 bridgehead atoms. The van der Waals surface area contributed by atoms with Gasteiger partial charge in [-0.15, -0.1) is 0 Å². The van der Waals surface area contributed by atoms with Crippen LogP contribution in [0.3, 0.4) is 0 Å². The summed E-state index contributed by atoms with van der Waals surface area (Å²) in [6.07, 6.45) is 0.757. The van der Waals surface area contributed by atoms with Gasteiger partial charge in [-0.1, -0.05) is 13.8 Å². The molecule has 0 saturated carbocycles. The van der Waals surface area contributed by atoms with Crippen LogP contribution in [0.5, 0.6) is 0 Å². The van der Waals surface area contributed by atoms with Crippen LogP contribution in [-0.4, -0.2) is 41.9 Å². The van der Waals surface area contributed by atoms with E-state index in [4.69, 9.17) is 4.74 Å². The molecule has 7 nitrogen and oxygen atoms in total. The number of hydrogen-bond donors (Lipinski definition) is 1. The molecule has 0 aromatic carbocycles. The molecule has 2 atom stereocenters. The Morgan fingerprint density at radius 1 is 1.44 bits per heavy atom. The maximum atomic E-state index is 11.0. The van der Waals surface area contributed by atoms with Crippen molar-refractivity contribution >= 4 is 12.2 Å². The average molecular weight is 260 g/mol. The Bertz CT molecular complexity index is 275. The van der Waals surface area contributed by atoms with Crippen molar-refractivity contribution in [2.75, 3.05) is 6.54 Å². The number of nitrogens with zero attached hydrogens (tertiary/aromatic N) is 1. The van der Waals surface area contributed by atoms with E-state index in [2.05, 4.69) is 5.32 Å². The fourth-order valence-corrected chi connectivity index (χ4v) is 1.58. The molecule has 1 N–H and O–H groups in total. The highest BCUT2D eigenvalue weighted by molar-refractivity contribution is 5.74. The molecule has 2 unspecified atom stereocenters. The molecular weight excluding hydrogens is 240 g/mol. The molecule has 0 aliphatic heterocycles. The van der Waals surface area contributed by atoms with Gasteiger partial charge in [-0.05, 0) is 12.8 Å². The van der Waals surface area contributed by atoms with Gasteiger partial charge in [0.2, 0.25) is 12.5 Å². The molecule has 0 aliphatic rings. The summed E-state index contributed by atoms with van der Waals surface area (Å²) in [6, 6.07) is -0.935. The Hall–Kier alpha value is -1.50. The third kappa shape index (κ3) is 6.29. The van der Waals surface area contributed by atoms with Gasteiger partial charge in [0.25, 0.3) is 0 Å². The van der Waals surface area contributed by atoms with Crippen molar-refractivity contribution in [3.05, 3.63) is 10.1 Å². The van der Waals surface area contributed by atoms with E-state index in [1.54, 1.807) is 0 Å². The molecule has 0 radical (unpaired) electrons. The smallest absolute Gasteiger partial charge is 0.226 e. The average Bonchev–Trinajstić information content (AvgIpc) is 2.28. The summed E-state index contributed by atoms with van der Waals surface area (Å²) in [4.78, 5) is 31.9. The van der Waals surface area contributed by atoms with Crippen molar-refractivity contribution in [2.45, 2.75) is 51.9 Å². The molecule has 0 fully saturated rings. The summed E-state index contributed by atoms with van der Waals surface area (Å²) < 4.78 is 5.47. The van der Waals surface area contributed by atoms with Gasteiger partial charge in [0, 0.05) is 11.8 Å². The van der Waals surface area contributed by atoms with Crippen LogP contribution >= 0.6 is 0 Å². The number of hydrogen-bond acceptors (Lipinski definition) is 5. The predicted molar refractivity (Wildman–Crippen MR) is 64.8 cm³/mol. The number of amides is 1. The summed E-state index contributed by atoms with van der Waals surface area (Å²) in [5.74, 6) is -0.429. The molecule has 0 spiro atoms. The largest absolute Gasteiger partial charge is 0.365 e. The molecule has 104 valence electrons. The minimum Gasteiger partial charge on any atom is -0.365 e. The van der Waals surface area contributed by atoms with E-state index in [9.17, 15) is 19.7 Å². The molecule has 0 aliphatic carbocycles. The summed E-state index contributed by atoms with van der Waals surface area (Å²) in [5.41, 5.74) is 0. The predicted octanol–water partition coefficient (Wildman–Crippen LogP) is 0.540. The molecule has 1 amide bonds. The van der Waals surface area contributed by atoms with E-state index in [-0.39, 0.29) is 6.10 Å². The van der Waals surface area contributed by atoms with Crippen LogP contribution in [0.4, 0.5) is 0 Å². The van der Waals surface area contributed by atoms with Crippen molar-refractivity contribution in [1.29, 1.82) is 0 Å². The number of nitro groups is 1. The number of nitrogens with one attached hydrogen (secondary N) is 1. The number of rotatable bonds is 9. The monoisotopic (exact) mass is 260 g/mol. The first-order valence-electron chi connectivity index (χ1n) is 5.94. The highest BCUT2D eigenvalue weighted by Crippen LogP contribution is 2.09. The zero-order valence-corrected chi connectivity index (χ0v) is 10.9. The van der Waals surface area contributed by atoms with Gasteiger partial charge < -0.3 is 14.8 Å². The Balaban J connectivity index is 4.72. The minimum absolute atomic E-state index is 0.150. The highest BCUT2D eigenvalue weighted by Gasteiger charge is 2.29. The van der Waals surface area contributed by atoms with Crippen LogP contribution in [0, 0.1) is 10.1 Å². The van der Waals surface area contributed by atoms with Crippen LogP contribution in [0.25, 0.3) is 0 Å². The Labute approximate surface area is 106 Å². The van der Waals surface area contributed by atoms with Crippen molar-refractivity contribution in [2.24, 2.45) is 0 Å². The molecule has 7 heteroatoms. The Morgan fingerprint density at radius 2 is 2.00 bits per heavy atom. The lowest BCUT2D eigenvalue weighted by atomic mass is 10.1. The van der Waals surface area contributed by atoms with Gasteiger partial charge in [0.1, 0.15) is 12.1 Å². The molecule has 0 aromatic heterocycles. The van der Waals surface area contributed by atoms with Crippen molar-refractivity contribution < 1.29 is 19.2 Å². The standard InChI is InChI=1S/C11H20N2O5/c1-4-9(5-2)18-11(7-14)10(6-13(16)17)12-8(3)15/h7,9-11H,4-6H2,1-3H3,(H,12,15). The third-order valence-corrected chi connectivity index (χ3v) is 2.53. The zero-order valence-electron chi connectivity index (χ0n) is 10.9. The lowest BCUT2D eigenvalue weighted by molar-refractivity contribution is -0.485. The lowest BCUT2D eigenvalue weighted by Crippen LogP contribution is -2.49. The normalized spacial score (nSPS) is 14.0. The van der Waals surface area contributed by atoms with Crippen molar-refractivity contribution in [1.82, 2.24) is 5.32 Å². The summed E-state index contributed by atoms with van der Waals surface area (Å²) >= 11 is 0. The van der Waals surface area contributed by atoms with E-state index in [0.717, 1.165) is 0 Å². The van der Waals surface area contributed by atoms with Gasteiger partial charge in [-0.25, -0.2) is 0 Å². The molecule has 0 saturated heterocycles. The van der Waals surface area contributed by atoms with Gasteiger partial charge in [-0.2, -0.15) is 0 Å².